The van der Waals surface area contributed by atoms with Crippen molar-refractivity contribution in [3.63, 3.8) is 0 Å². The van der Waals surface area contributed by atoms with Crippen LogP contribution in [0.2, 0.25) is 0 Å². The average Bonchev–Trinajstić information content (AvgIpc) is 2.70. The molecular formula is C12H10BrF2NO3. The first-order valence-corrected chi connectivity index (χ1v) is 6.64. The number of carboxylic acid groups (broad SMARTS) is 1. The number of hydrogen-bond acceptors (Lipinski definition) is 2. The molecule has 4 nitrogen and oxygen atoms in total. The number of anilines is 1. The third kappa shape index (κ3) is 2.60. The number of carbonyl (C=O) groups is 2. The predicted molar refractivity (Wildman–Crippen MR) is 67.6 cm³/mol. The van der Waals surface area contributed by atoms with Gasteiger partial charge in [-0.1, -0.05) is 15.9 Å². The zero-order chi connectivity index (χ0) is 14.2. The van der Waals surface area contributed by atoms with Crippen molar-refractivity contribution in [1.29, 1.82) is 0 Å². The molecule has 1 N–H and O–H groups in total. The molecule has 1 unspecified atom stereocenters. The van der Waals surface area contributed by atoms with Crippen molar-refractivity contribution in [3.8, 4) is 0 Å². The van der Waals surface area contributed by atoms with Crippen molar-refractivity contribution >= 4 is 33.5 Å². The van der Waals surface area contributed by atoms with Crippen molar-refractivity contribution in [2.45, 2.75) is 6.42 Å². The van der Waals surface area contributed by atoms with Crippen LogP contribution in [0.5, 0.6) is 0 Å². The summed E-state index contributed by atoms with van der Waals surface area (Å²) in [6, 6.07) is 1.36. The molecule has 102 valence electrons. The molecule has 1 saturated heterocycles. The minimum atomic E-state index is -1.50. The molecule has 1 aliphatic heterocycles. The largest absolute Gasteiger partial charge is 0.478 e. The summed E-state index contributed by atoms with van der Waals surface area (Å²) in [5, 5.41) is 9.40. The summed E-state index contributed by atoms with van der Waals surface area (Å²) in [5.41, 5.74) is -0.834. The molecular weight excluding hydrogens is 324 g/mol. The van der Waals surface area contributed by atoms with Crippen LogP contribution < -0.4 is 4.90 Å². The molecule has 0 radical (unpaired) electrons. The smallest absolute Gasteiger partial charge is 0.338 e. The zero-order valence-corrected chi connectivity index (χ0v) is 11.3. The fraction of sp³-hybridized carbons (Fsp3) is 0.333. The Balaban J connectivity index is 2.42. The predicted octanol–water partition coefficient (Wildman–Crippen LogP) is 2.41. The number of nitrogens with zero attached hydrogens (tertiary/aromatic N) is 1. The van der Waals surface area contributed by atoms with Crippen LogP contribution in [-0.2, 0) is 4.79 Å². The Kier molecular flexibility index (Phi) is 3.84. The van der Waals surface area contributed by atoms with Crippen LogP contribution >= 0.6 is 15.9 Å². The van der Waals surface area contributed by atoms with E-state index in [1.165, 1.54) is 0 Å². The molecule has 1 heterocycles. The van der Waals surface area contributed by atoms with Gasteiger partial charge in [0, 0.05) is 24.4 Å². The first-order valence-electron chi connectivity index (χ1n) is 5.52. The number of benzene rings is 1. The molecule has 1 aromatic rings. The van der Waals surface area contributed by atoms with Crippen LogP contribution in [0.25, 0.3) is 0 Å². The van der Waals surface area contributed by atoms with E-state index < -0.39 is 23.2 Å². The SMILES string of the molecule is O=C(O)c1cc(N2CC(CBr)CC2=O)c(F)cc1F. The van der Waals surface area contributed by atoms with E-state index in [2.05, 4.69) is 15.9 Å². The number of aromatic carboxylic acids is 1. The maximum atomic E-state index is 13.7. The van der Waals surface area contributed by atoms with Crippen LogP contribution in [-0.4, -0.2) is 28.9 Å². The molecule has 2 rings (SSSR count). The highest BCUT2D eigenvalue weighted by Crippen LogP contribution is 2.30. The molecule has 1 fully saturated rings. The van der Waals surface area contributed by atoms with Gasteiger partial charge in [-0.05, 0) is 12.0 Å². The molecule has 7 heteroatoms. The van der Waals surface area contributed by atoms with Crippen LogP contribution in [0.3, 0.4) is 0 Å². The lowest BCUT2D eigenvalue weighted by atomic mass is 10.1. The van der Waals surface area contributed by atoms with Gasteiger partial charge in [-0.3, -0.25) is 4.79 Å². The lowest BCUT2D eigenvalue weighted by molar-refractivity contribution is -0.117. The van der Waals surface area contributed by atoms with E-state index in [-0.39, 0.29) is 30.5 Å². The lowest BCUT2D eigenvalue weighted by Crippen LogP contribution is -2.26. The van der Waals surface area contributed by atoms with Gasteiger partial charge < -0.3 is 10.0 Å². The van der Waals surface area contributed by atoms with E-state index in [9.17, 15) is 18.4 Å². The van der Waals surface area contributed by atoms with Gasteiger partial charge in [0.2, 0.25) is 5.91 Å². The third-order valence-corrected chi connectivity index (χ3v) is 3.90. The van der Waals surface area contributed by atoms with Gasteiger partial charge in [-0.2, -0.15) is 0 Å². The van der Waals surface area contributed by atoms with Gasteiger partial charge in [0.1, 0.15) is 11.6 Å². The number of hydrogen-bond donors (Lipinski definition) is 1. The van der Waals surface area contributed by atoms with Gasteiger partial charge in [0.15, 0.2) is 0 Å². The van der Waals surface area contributed by atoms with Gasteiger partial charge >= 0.3 is 5.97 Å². The maximum Gasteiger partial charge on any atom is 0.338 e. The highest BCUT2D eigenvalue weighted by molar-refractivity contribution is 9.09. The molecule has 1 aliphatic rings. The lowest BCUT2D eigenvalue weighted by Gasteiger charge is -2.18. The van der Waals surface area contributed by atoms with E-state index in [0.717, 1.165) is 11.0 Å². The van der Waals surface area contributed by atoms with E-state index in [1.54, 1.807) is 0 Å². The standard InChI is InChI=1S/C12H10BrF2NO3/c13-4-6-1-11(17)16(5-6)10-2-7(12(18)19)8(14)3-9(10)15/h2-3,6H,1,4-5H2,(H,18,19). The van der Waals surface area contributed by atoms with Gasteiger partial charge in [0.25, 0.3) is 0 Å². The second-order valence-electron chi connectivity index (χ2n) is 4.32. The molecule has 0 aromatic heterocycles. The molecule has 1 atom stereocenters. The van der Waals surface area contributed by atoms with E-state index >= 15 is 0 Å². The number of amides is 1. The Hall–Kier alpha value is -1.50. The number of carboxylic acids is 1. The summed E-state index contributed by atoms with van der Waals surface area (Å²) in [6.45, 7) is 0.283. The normalized spacial score (nSPS) is 19.0. The molecule has 1 aromatic carbocycles. The number of carbonyl (C=O) groups excluding carboxylic acids is 1. The van der Waals surface area contributed by atoms with Crippen LogP contribution in [0.1, 0.15) is 16.8 Å². The van der Waals surface area contributed by atoms with Gasteiger partial charge in [0.05, 0.1) is 11.3 Å². The first kappa shape index (κ1) is 13.9. The second-order valence-corrected chi connectivity index (χ2v) is 4.96. The topological polar surface area (TPSA) is 57.6 Å². The Bertz CT molecular complexity index is 550. The summed E-state index contributed by atoms with van der Waals surface area (Å²) in [4.78, 5) is 23.7. The number of halogens is 3. The molecule has 1 amide bonds. The molecule has 0 saturated carbocycles. The van der Waals surface area contributed by atoms with E-state index in [1.807, 2.05) is 0 Å². The Labute approximate surface area is 116 Å². The van der Waals surface area contributed by atoms with Gasteiger partial charge in [-0.25, -0.2) is 13.6 Å². The molecule has 0 spiro atoms. The Morgan fingerprint density at radius 2 is 2.11 bits per heavy atom. The highest BCUT2D eigenvalue weighted by atomic mass is 79.9. The third-order valence-electron chi connectivity index (χ3n) is 2.98. The molecule has 0 aliphatic carbocycles. The fourth-order valence-electron chi connectivity index (χ4n) is 2.03. The summed E-state index contributed by atoms with van der Waals surface area (Å²) in [6.07, 6.45) is 0.254. The van der Waals surface area contributed by atoms with Crippen LogP contribution in [0, 0.1) is 17.6 Å². The number of alkyl halides is 1. The van der Waals surface area contributed by atoms with E-state index in [4.69, 9.17) is 5.11 Å². The van der Waals surface area contributed by atoms with Crippen molar-refractivity contribution in [2.75, 3.05) is 16.8 Å². The van der Waals surface area contributed by atoms with Crippen molar-refractivity contribution in [3.05, 3.63) is 29.3 Å². The summed E-state index contributed by atoms with van der Waals surface area (Å²) in [5.74, 6) is -3.86. The Morgan fingerprint density at radius 1 is 1.42 bits per heavy atom. The summed E-state index contributed by atoms with van der Waals surface area (Å²) >= 11 is 3.24. The number of rotatable bonds is 3. The van der Waals surface area contributed by atoms with Crippen LogP contribution in [0.15, 0.2) is 12.1 Å². The monoisotopic (exact) mass is 333 g/mol. The van der Waals surface area contributed by atoms with Crippen molar-refractivity contribution < 1.29 is 23.5 Å². The Morgan fingerprint density at radius 3 is 2.63 bits per heavy atom. The summed E-state index contributed by atoms with van der Waals surface area (Å²) < 4.78 is 27.0. The summed E-state index contributed by atoms with van der Waals surface area (Å²) in [7, 11) is 0. The maximum absolute atomic E-state index is 13.7. The zero-order valence-electron chi connectivity index (χ0n) is 9.70. The molecule has 19 heavy (non-hydrogen) atoms. The highest BCUT2D eigenvalue weighted by Gasteiger charge is 2.32. The van der Waals surface area contributed by atoms with Crippen molar-refractivity contribution in [2.24, 2.45) is 5.92 Å². The first-order chi connectivity index (χ1) is 8.93. The van der Waals surface area contributed by atoms with Crippen LogP contribution in [0.4, 0.5) is 14.5 Å². The van der Waals surface area contributed by atoms with E-state index in [0.29, 0.717) is 11.4 Å². The minimum absolute atomic E-state index is 0.0326. The van der Waals surface area contributed by atoms with Gasteiger partial charge in [-0.15, -0.1) is 0 Å². The average molecular weight is 334 g/mol. The fourth-order valence-corrected chi connectivity index (χ4v) is 2.46. The quantitative estimate of drug-likeness (QED) is 0.864. The molecule has 0 bridgehead atoms. The minimum Gasteiger partial charge on any atom is -0.478 e. The second kappa shape index (κ2) is 5.24. The van der Waals surface area contributed by atoms with Crippen molar-refractivity contribution in [1.82, 2.24) is 0 Å².